The number of nitrogens with zero attached hydrogens (tertiary/aromatic N) is 1. The number of carbonyl (C=O) groups excluding carboxylic acids is 1. The molecule has 2 aromatic rings. The third-order valence-corrected chi connectivity index (χ3v) is 5.47. The number of aromatic nitrogens is 1. The molecule has 2 N–H and O–H groups in total. The van der Waals surface area contributed by atoms with Crippen molar-refractivity contribution >= 4 is 21.7 Å². The van der Waals surface area contributed by atoms with E-state index in [1.807, 2.05) is 19.9 Å². The second-order valence-corrected chi connectivity index (χ2v) is 7.64. The predicted octanol–water partition coefficient (Wildman–Crippen LogP) is 2.35. The van der Waals surface area contributed by atoms with Crippen LogP contribution in [0.4, 0.5) is 10.6 Å². The highest BCUT2D eigenvalue weighted by Gasteiger charge is 2.35. The minimum atomic E-state index is -3.34. The van der Waals surface area contributed by atoms with Crippen molar-refractivity contribution < 1.29 is 13.2 Å². The number of hydrogen-bond acceptors (Lipinski definition) is 4. The molecule has 0 spiro atoms. The van der Waals surface area contributed by atoms with E-state index >= 15 is 0 Å². The molecule has 120 valence electrons. The van der Waals surface area contributed by atoms with Gasteiger partial charge in [0.1, 0.15) is 5.82 Å². The summed E-state index contributed by atoms with van der Waals surface area (Å²) in [5.41, 5.74) is 2.41. The van der Waals surface area contributed by atoms with Gasteiger partial charge < -0.3 is 5.32 Å². The van der Waals surface area contributed by atoms with Gasteiger partial charge in [0.2, 0.25) is 0 Å². The van der Waals surface area contributed by atoms with Crippen molar-refractivity contribution in [2.45, 2.75) is 24.8 Å². The molecule has 0 radical (unpaired) electrons. The molecule has 0 saturated carbocycles. The van der Waals surface area contributed by atoms with Crippen LogP contribution < -0.4 is 10.6 Å². The fourth-order valence-corrected chi connectivity index (χ4v) is 4.52. The van der Waals surface area contributed by atoms with Crippen LogP contribution in [-0.4, -0.2) is 25.2 Å². The third kappa shape index (κ3) is 3.19. The molecule has 1 atom stereocenters. The summed E-state index contributed by atoms with van der Waals surface area (Å²) < 4.78 is 24.2. The molecule has 7 heteroatoms. The van der Waals surface area contributed by atoms with Gasteiger partial charge >= 0.3 is 6.03 Å². The highest BCUT2D eigenvalue weighted by atomic mass is 32.2. The molecular weight excluding hydrogens is 314 g/mol. The lowest BCUT2D eigenvalue weighted by atomic mass is 10.1. The molecule has 0 aliphatic carbocycles. The van der Waals surface area contributed by atoms with E-state index in [2.05, 4.69) is 15.6 Å². The van der Waals surface area contributed by atoms with Crippen LogP contribution in [0.25, 0.3) is 0 Å². The standard InChI is InChI=1S/C16H17N3O3S/c1-10-7-11(2)17-15(8-10)19-16(20)18-13-9-23(21,22)14-6-4-3-5-12(13)14/h3-8,13H,9H2,1-2H3,(H2,17,18,19,20)/t13-/m1/s1. The van der Waals surface area contributed by atoms with Gasteiger partial charge in [-0.2, -0.15) is 0 Å². The van der Waals surface area contributed by atoms with Gasteiger partial charge in [-0.15, -0.1) is 0 Å². The van der Waals surface area contributed by atoms with Crippen LogP contribution in [0.1, 0.15) is 22.9 Å². The van der Waals surface area contributed by atoms with Crippen molar-refractivity contribution in [2.75, 3.05) is 11.1 Å². The van der Waals surface area contributed by atoms with Gasteiger partial charge in [0.25, 0.3) is 0 Å². The minimum absolute atomic E-state index is 0.125. The van der Waals surface area contributed by atoms with Crippen molar-refractivity contribution in [3.63, 3.8) is 0 Å². The predicted molar refractivity (Wildman–Crippen MR) is 87.1 cm³/mol. The molecule has 3 rings (SSSR count). The van der Waals surface area contributed by atoms with Gasteiger partial charge in [-0.05, 0) is 43.2 Å². The van der Waals surface area contributed by atoms with Crippen molar-refractivity contribution in [1.29, 1.82) is 0 Å². The maximum Gasteiger partial charge on any atom is 0.320 e. The normalized spacial score (nSPS) is 18.3. The van der Waals surface area contributed by atoms with Crippen molar-refractivity contribution in [3.05, 3.63) is 53.2 Å². The second-order valence-electron chi connectivity index (χ2n) is 5.64. The van der Waals surface area contributed by atoms with E-state index in [1.165, 1.54) is 0 Å². The van der Waals surface area contributed by atoms with Gasteiger partial charge in [-0.3, -0.25) is 5.32 Å². The van der Waals surface area contributed by atoms with Crippen LogP contribution in [0.3, 0.4) is 0 Å². The summed E-state index contributed by atoms with van der Waals surface area (Å²) in [4.78, 5) is 16.7. The molecule has 2 amide bonds. The number of benzene rings is 1. The molecule has 1 aromatic heterocycles. The molecule has 23 heavy (non-hydrogen) atoms. The molecule has 1 aliphatic rings. The number of urea groups is 1. The zero-order valence-corrected chi connectivity index (χ0v) is 13.6. The van der Waals surface area contributed by atoms with E-state index < -0.39 is 21.9 Å². The Morgan fingerprint density at radius 2 is 1.96 bits per heavy atom. The fourth-order valence-electron chi connectivity index (χ4n) is 2.79. The summed E-state index contributed by atoms with van der Waals surface area (Å²) in [5, 5.41) is 5.36. The lowest BCUT2D eigenvalue weighted by molar-refractivity contribution is 0.249. The molecule has 0 fully saturated rings. The number of sulfone groups is 1. The summed E-state index contributed by atoms with van der Waals surface area (Å²) >= 11 is 0. The van der Waals surface area contributed by atoms with Gasteiger partial charge in [0, 0.05) is 5.69 Å². The largest absolute Gasteiger partial charge is 0.330 e. The zero-order valence-electron chi connectivity index (χ0n) is 12.8. The van der Waals surface area contributed by atoms with Crippen molar-refractivity contribution in [1.82, 2.24) is 10.3 Å². The Kier molecular flexibility index (Phi) is 3.81. The summed E-state index contributed by atoms with van der Waals surface area (Å²) in [6.45, 7) is 3.76. The van der Waals surface area contributed by atoms with Crippen LogP contribution in [0, 0.1) is 13.8 Å². The van der Waals surface area contributed by atoms with Crippen molar-refractivity contribution in [3.8, 4) is 0 Å². The van der Waals surface area contributed by atoms with Crippen molar-refractivity contribution in [2.24, 2.45) is 0 Å². The highest BCUT2D eigenvalue weighted by Crippen LogP contribution is 2.32. The number of aryl methyl sites for hydroxylation is 2. The summed E-state index contributed by atoms with van der Waals surface area (Å²) in [6.07, 6.45) is 0. The fraction of sp³-hybridized carbons (Fsp3) is 0.250. The first-order chi connectivity index (χ1) is 10.8. The highest BCUT2D eigenvalue weighted by molar-refractivity contribution is 7.91. The Morgan fingerprint density at radius 3 is 2.70 bits per heavy atom. The van der Waals surface area contributed by atoms with Gasteiger partial charge in [0.15, 0.2) is 9.84 Å². The second kappa shape index (κ2) is 5.66. The van der Waals surface area contributed by atoms with Crippen LogP contribution in [0.5, 0.6) is 0 Å². The first-order valence-electron chi connectivity index (χ1n) is 7.20. The Morgan fingerprint density at radius 1 is 1.22 bits per heavy atom. The van der Waals surface area contributed by atoms with E-state index in [9.17, 15) is 13.2 Å². The lowest BCUT2D eigenvalue weighted by Crippen LogP contribution is -2.33. The zero-order chi connectivity index (χ0) is 16.6. The number of rotatable bonds is 2. The van der Waals surface area contributed by atoms with Gasteiger partial charge in [0.05, 0.1) is 16.7 Å². The van der Waals surface area contributed by atoms with Crippen LogP contribution in [0.2, 0.25) is 0 Å². The van der Waals surface area contributed by atoms with E-state index in [1.54, 1.807) is 30.3 Å². The monoisotopic (exact) mass is 331 g/mol. The molecule has 2 heterocycles. The SMILES string of the molecule is Cc1cc(C)nc(NC(=O)N[C@@H]2CS(=O)(=O)c3ccccc32)c1. The van der Waals surface area contributed by atoms with E-state index in [-0.39, 0.29) is 10.6 Å². The smallest absolute Gasteiger partial charge is 0.320 e. The first kappa shape index (κ1) is 15.5. The number of anilines is 1. The number of carbonyl (C=O) groups is 1. The quantitative estimate of drug-likeness (QED) is 0.884. The molecule has 1 aromatic carbocycles. The molecule has 0 bridgehead atoms. The summed E-state index contributed by atoms with van der Waals surface area (Å²) in [5.74, 6) is 0.314. The van der Waals surface area contributed by atoms with Crippen LogP contribution >= 0.6 is 0 Å². The number of fused-ring (bicyclic) bond motifs is 1. The third-order valence-electron chi connectivity index (χ3n) is 3.66. The Hall–Kier alpha value is -2.41. The number of hydrogen-bond donors (Lipinski definition) is 2. The number of pyridine rings is 1. The number of nitrogens with one attached hydrogen (secondary N) is 2. The first-order valence-corrected chi connectivity index (χ1v) is 8.85. The summed E-state index contributed by atoms with van der Waals surface area (Å²) in [6, 6.07) is 9.36. The average Bonchev–Trinajstić information content (AvgIpc) is 2.69. The molecule has 0 unspecified atom stereocenters. The molecule has 1 aliphatic heterocycles. The van der Waals surface area contributed by atoms with E-state index in [0.717, 1.165) is 11.3 Å². The number of amides is 2. The topological polar surface area (TPSA) is 88.2 Å². The maximum atomic E-state index is 12.2. The van der Waals surface area contributed by atoms with Gasteiger partial charge in [-0.1, -0.05) is 18.2 Å². The lowest BCUT2D eigenvalue weighted by Gasteiger charge is -2.13. The minimum Gasteiger partial charge on any atom is -0.330 e. The molecule has 0 saturated heterocycles. The Labute approximate surface area is 134 Å². The average molecular weight is 331 g/mol. The molecular formula is C16H17N3O3S. The van der Waals surface area contributed by atoms with E-state index in [0.29, 0.717) is 11.4 Å². The van der Waals surface area contributed by atoms with Crippen LogP contribution in [-0.2, 0) is 9.84 Å². The van der Waals surface area contributed by atoms with Gasteiger partial charge in [-0.25, -0.2) is 18.2 Å². The Bertz CT molecular complexity index is 858. The van der Waals surface area contributed by atoms with Crippen LogP contribution in [0.15, 0.2) is 41.3 Å². The summed E-state index contributed by atoms with van der Waals surface area (Å²) in [7, 11) is -3.34. The molecule has 6 nitrogen and oxygen atoms in total. The van der Waals surface area contributed by atoms with E-state index in [4.69, 9.17) is 0 Å². The maximum absolute atomic E-state index is 12.2. The Balaban J connectivity index is 1.77.